The van der Waals surface area contributed by atoms with Gasteiger partial charge in [0.15, 0.2) is 6.61 Å². The van der Waals surface area contributed by atoms with E-state index in [9.17, 15) is 9.59 Å². The number of carbonyl (C=O) groups excluding carboxylic acids is 2. The van der Waals surface area contributed by atoms with Crippen molar-refractivity contribution in [2.24, 2.45) is 5.10 Å². The first-order valence-corrected chi connectivity index (χ1v) is 9.09. The number of nitrogens with one attached hydrogen (secondary N) is 2. The van der Waals surface area contributed by atoms with E-state index < -0.39 is 0 Å². The van der Waals surface area contributed by atoms with Crippen LogP contribution >= 0.6 is 0 Å². The Labute approximate surface area is 169 Å². The summed E-state index contributed by atoms with van der Waals surface area (Å²) < 4.78 is 5.48. The summed E-state index contributed by atoms with van der Waals surface area (Å²) in [7, 11) is 0. The quantitative estimate of drug-likeness (QED) is 0.480. The fraction of sp³-hybridized carbons (Fsp3) is 0.0870. The highest BCUT2D eigenvalue weighted by Gasteiger charge is 2.08. The molecule has 0 aliphatic carbocycles. The van der Waals surface area contributed by atoms with Gasteiger partial charge in [0.1, 0.15) is 5.75 Å². The third-order valence-corrected chi connectivity index (χ3v) is 3.93. The van der Waals surface area contributed by atoms with Gasteiger partial charge in [0, 0.05) is 23.7 Å². The Morgan fingerprint density at radius 1 is 0.828 bits per heavy atom. The van der Waals surface area contributed by atoms with Crippen LogP contribution in [0.3, 0.4) is 0 Å². The van der Waals surface area contributed by atoms with Gasteiger partial charge in [-0.05, 0) is 24.3 Å². The lowest BCUT2D eigenvalue weighted by molar-refractivity contribution is -0.123. The number of ether oxygens (including phenoxy) is 1. The van der Waals surface area contributed by atoms with Crippen LogP contribution in [0.4, 0.5) is 5.69 Å². The summed E-state index contributed by atoms with van der Waals surface area (Å²) in [5.74, 6) is -0.00609. The number of nitrogens with zero attached hydrogens (tertiary/aromatic N) is 1. The van der Waals surface area contributed by atoms with E-state index in [4.69, 9.17) is 4.74 Å². The summed E-state index contributed by atoms with van der Waals surface area (Å²) >= 11 is 0. The summed E-state index contributed by atoms with van der Waals surface area (Å²) in [4.78, 5) is 23.2. The lowest BCUT2D eigenvalue weighted by atomic mass is 10.0. The second-order valence-electron chi connectivity index (χ2n) is 6.22. The molecule has 0 saturated carbocycles. The molecule has 0 atom stereocenters. The molecule has 29 heavy (non-hydrogen) atoms. The molecule has 0 unspecified atom stereocenters. The first-order chi connectivity index (χ1) is 14.1. The van der Waals surface area contributed by atoms with Crippen molar-refractivity contribution in [3.63, 3.8) is 0 Å². The van der Waals surface area contributed by atoms with Gasteiger partial charge in [0.25, 0.3) is 5.91 Å². The SMILES string of the molecule is CC(=O)Nc1ccc(OCC(=O)NN=C(c2ccccc2)c2ccccc2)cc1. The standard InChI is InChI=1S/C23H21N3O3/c1-17(27)24-20-12-14-21(15-13-20)29-16-22(28)25-26-23(18-8-4-2-5-9-18)19-10-6-3-7-11-19/h2-15H,16H2,1H3,(H,24,27)(H,25,28). The lowest BCUT2D eigenvalue weighted by Gasteiger charge is -2.09. The molecule has 0 aromatic heterocycles. The minimum Gasteiger partial charge on any atom is -0.484 e. The van der Waals surface area contributed by atoms with Crippen LogP contribution in [0, 0.1) is 0 Å². The summed E-state index contributed by atoms with van der Waals surface area (Å²) in [6.45, 7) is 1.26. The van der Waals surface area contributed by atoms with E-state index >= 15 is 0 Å². The normalized spacial score (nSPS) is 9.97. The summed E-state index contributed by atoms with van der Waals surface area (Å²) in [5.41, 5.74) is 5.68. The average Bonchev–Trinajstić information content (AvgIpc) is 2.74. The smallest absolute Gasteiger partial charge is 0.277 e. The number of hydrogen-bond acceptors (Lipinski definition) is 4. The van der Waals surface area contributed by atoms with Crippen LogP contribution in [0.1, 0.15) is 18.1 Å². The molecule has 0 bridgehead atoms. The van der Waals surface area contributed by atoms with E-state index in [-0.39, 0.29) is 18.4 Å². The molecule has 0 radical (unpaired) electrons. The zero-order chi connectivity index (χ0) is 20.5. The van der Waals surface area contributed by atoms with Gasteiger partial charge in [0.05, 0.1) is 5.71 Å². The Balaban J connectivity index is 1.63. The minimum absolute atomic E-state index is 0.149. The van der Waals surface area contributed by atoms with Crippen LogP contribution in [-0.2, 0) is 9.59 Å². The molecule has 2 N–H and O–H groups in total. The second kappa shape index (κ2) is 9.85. The minimum atomic E-state index is -0.375. The predicted octanol–water partition coefficient (Wildman–Crippen LogP) is 3.59. The van der Waals surface area contributed by atoms with Crippen molar-refractivity contribution >= 4 is 23.2 Å². The number of hydrazone groups is 1. The summed E-state index contributed by atoms with van der Waals surface area (Å²) in [6.07, 6.45) is 0. The molecule has 146 valence electrons. The Bertz CT molecular complexity index is 943. The number of rotatable bonds is 7. The molecular formula is C23H21N3O3. The van der Waals surface area contributed by atoms with Crippen LogP contribution < -0.4 is 15.5 Å². The summed E-state index contributed by atoms with van der Waals surface area (Å²) in [6, 6.07) is 26.0. The fourth-order valence-electron chi connectivity index (χ4n) is 2.62. The van der Waals surface area contributed by atoms with Crippen molar-refractivity contribution in [3.05, 3.63) is 96.1 Å². The van der Waals surface area contributed by atoms with Crippen molar-refractivity contribution in [1.29, 1.82) is 0 Å². The van der Waals surface area contributed by atoms with Gasteiger partial charge in [-0.3, -0.25) is 9.59 Å². The maximum Gasteiger partial charge on any atom is 0.277 e. The molecule has 0 aliphatic rings. The van der Waals surface area contributed by atoms with E-state index in [1.807, 2.05) is 60.7 Å². The van der Waals surface area contributed by atoms with Crippen LogP contribution in [-0.4, -0.2) is 24.1 Å². The first kappa shape index (κ1) is 19.8. The topological polar surface area (TPSA) is 79.8 Å². The number of amides is 2. The molecule has 0 heterocycles. The first-order valence-electron chi connectivity index (χ1n) is 9.09. The highest BCUT2D eigenvalue weighted by atomic mass is 16.5. The average molecular weight is 387 g/mol. The zero-order valence-electron chi connectivity index (χ0n) is 16.0. The van der Waals surface area contributed by atoms with Crippen LogP contribution in [0.5, 0.6) is 5.75 Å². The van der Waals surface area contributed by atoms with E-state index in [1.54, 1.807) is 24.3 Å². The van der Waals surface area contributed by atoms with Crippen molar-refractivity contribution in [2.75, 3.05) is 11.9 Å². The van der Waals surface area contributed by atoms with Crippen molar-refractivity contribution in [2.45, 2.75) is 6.92 Å². The molecule has 0 saturated heterocycles. The van der Waals surface area contributed by atoms with Gasteiger partial charge >= 0.3 is 0 Å². The molecule has 0 fully saturated rings. The maximum absolute atomic E-state index is 12.2. The monoisotopic (exact) mass is 387 g/mol. The van der Waals surface area contributed by atoms with Crippen LogP contribution in [0.2, 0.25) is 0 Å². The van der Waals surface area contributed by atoms with Gasteiger partial charge in [0.2, 0.25) is 5.91 Å². The van der Waals surface area contributed by atoms with E-state index in [2.05, 4.69) is 15.8 Å². The molecule has 0 spiro atoms. The number of hydrogen-bond donors (Lipinski definition) is 2. The molecule has 6 heteroatoms. The fourth-order valence-corrected chi connectivity index (χ4v) is 2.62. The maximum atomic E-state index is 12.2. The molecule has 0 aliphatic heterocycles. The van der Waals surface area contributed by atoms with E-state index in [1.165, 1.54) is 6.92 Å². The largest absolute Gasteiger partial charge is 0.484 e. The van der Waals surface area contributed by atoms with Crippen molar-refractivity contribution in [3.8, 4) is 5.75 Å². The molecule has 3 rings (SSSR count). The Morgan fingerprint density at radius 2 is 1.38 bits per heavy atom. The predicted molar refractivity (Wildman–Crippen MR) is 113 cm³/mol. The third-order valence-electron chi connectivity index (χ3n) is 3.93. The third kappa shape index (κ3) is 6.04. The Kier molecular flexibility index (Phi) is 6.73. The lowest BCUT2D eigenvalue weighted by Crippen LogP contribution is -2.26. The molecule has 3 aromatic rings. The van der Waals surface area contributed by atoms with Gasteiger partial charge in [-0.1, -0.05) is 60.7 Å². The van der Waals surface area contributed by atoms with Crippen LogP contribution in [0.15, 0.2) is 90.0 Å². The Hall–Kier alpha value is -3.93. The van der Waals surface area contributed by atoms with E-state index in [0.717, 1.165) is 11.1 Å². The molecule has 6 nitrogen and oxygen atoms in total. The Morgan fingerprint density at radius 3 is 1.90 bits per heavy atom. The highest BCUT2D eigenvalue weighted by molar-refractivity contribution is 6.13. The molecule has 2 amide bonds. The van der Waals surface area contributed by atoms with Crippen LogP contribution in [0.25, 0.3) is 0 Å². The van der Waals surface area contributed by atoms with E-state index in [0.29, 0.717) is 17.1 Å². The number of anilines is 1. The molecule has 3 aromatic carbocycles. The zero-order valence-corrected chi connectivity index (χ0v) is 16.0. The number of benzene rings is 3. The summed E-state index contributed by atoms with van der Waals surface area (Å²) in [5, 5.41) is 6.98. The van der Waals surface area contributed by atoms with Gasteiger partial charge in [-0.15, -0.1) is 0 Å². The van der Waals surface area contributed by atoms with Gasteiger partial charge in [-0.2, -0.15) is 5.10 Å². The van der Waals surface area contributed by atoms with Crippen molar-refractivity contribution in [1.82, 2.24) is 5.43 Å². The highest BCUT2D eigenvalue weighted by Crippen LogP contribution is 2.15. The van der Waals surface area contributed by atoms with Gasteiger partial charge < -0.3 is 10.1 Å². The second-order valence-corrected chi connectivity index (χ2v) is 6.22. The van der Waals surface area contributed by atoms with Gasteiger partial charge in [-0.25, -0.2) is 5.43 Å². The number of carbonyl (C=O) groups is 2. The molecular weight excluding hydrogens is 366 g/mol. The van der Waals surface area contributed by atoms with Crippen molar-refractivity contribution < 1.29 is 14.3 Å².